The number of aliphatic hydroxyl groups is 2. The van der Waals surface area contributed by atoms with Crippen LogP contribution in [0.25, 0.3) is 0 Å². The molecule has 560 valence electrons. The maximum Gasteiger partial charge on any atom is 0.472 e. The van der Waals surface area contributed by atoms with Gasteiger partial charge in [-0.05, 0) is 128 Å². The molecule has 0 aromatic heterocycles. The number of carbonyl (C=O) groups is 3. The van der Waals surface area contributed by atoms with Gasteiger partial charge in [-0.15, -0.1) is 0 Å². The first-order valence-corrected chi connectivity index (χ1v) is 41.2. The molecular weight excluding hydrogens is 1270 g/mol. The van der Waals surface area contributed by atoms with Gasteiger partial charge in [-0.25, -0.2) is 9.13 Å². The van der Waals surface area contributed by atoms with Crippen LogP contribution in [0.3, 0.4) is 0 Å². The molecule has 0 amide bonds. The van der Waals surface area contributed by atoms with Crippen LogP contribution in [0, 0.1) is 0 Å². The number of aliphatic hydroxyl groups excluding tert-OH is 2. The number of carbonyl (C=O) groups excluding carboxylic acids is 3. The quantitative estimate of drug-likeness (QED) is 0.0146. The molecule has 18 heteroatoms. The standard InChI is InChI=1S/C79H138O16P2/c1-4-7-10-13-16-19-22-25-27-28-29-30-31-32-33-34-35-36-37-38-39-40-41-42-43-44-46-49-50-53-56-59-62-65-77(82)89-68-74(80)69-91-96(85,86)92-70-75(81)71-93-97(87,88)94-73-76(95-79(84)67-64-61-58-55-52-47-24-21-18-15-12-9-6-3)72-90-78(83)66-63-60-57-54-51-48-45-26-23-20-17-14-11-8-5-2/h7,10,16-17,19-21,24-27,29-30,32-33,35-36,45,74-76,80-81H,4-6,8-9,11-15,18,22-23,28,31,34,37-44,46-73H2,1-3H3,(H,85,86)(H,87,88)/b10-7-,19-16-,20-17-,24-21-,27-25-,30-29-,33-32-,36-35-,45-26-. The molecule has 0 heterocycles. The second kappa shape index (κ2) is 72.0. The Morgan fingerprint density at radius 2 is 0.546 bits per heavy atom. The van der Waals surface area contributed by atoms with E-state index in [-0.39, 0.29) is 19.3 Å². The van der Waals surface area contributed by atoms with Crippen molar-refractivity contribution in [2.75, 3.05) is 39.6 Å². The summed E-state index contributed by atoms with van der Waals surface area (Å²) in [7, 11) is -9.78. The summed E-state index contributed by atoms with van der Waals surface area (Å²) in [6.07, 6.45) is 83.0. The number of allylic oxidation sites excluding steroid dienone is 18. The molecule has 97 heavy (non-hydrogen) atoms. The van der Waals surface area contributed by atoms with E-state index in [1.807, 2.05) is 0 Å². The molecule has 0 fully saturated rings. The molecule has 0 aliphatic heterocycles. The molecule has 0 aliphatic rings. The van der Waals surface area contributed by atoms with Crippen LogP contribution < -0.4 is 0 Å². The molecule has 0 radical (unpaired) electrons. The maximum atomic E-state index is 12.9. The first-order valence-electron chi connectivity index (χ1n) is 38.2. The topological polar surface area (TPSA) is 231 Å². The molecule has 0 rings (SSSR count). The van der Waals surface area contributed by atoms with Gasteiger partial charge in [0.2, 0.25) is 0 Å². The minimum Gasteiger partial charge on any atom is -0.463 e. The van der Waals surface area contributed by atoms with E-state index in [9.17, 15) is 43.5 Å². The van der Waals surface area contributed by atoms with Crippen molar-refractivity contribution in [2.45, 2.75) is 334 Å². The SMILES string of the molecule is CC/C=C\C/C=C\C/C=C\C/C=C\C/C=C\C/C=C\CCCCCCCCCCCCCCCCC(=O)OCC(O)COP(=O)(O)OCC(O)COP(=O)(O)OCC(COC(=O)CCCCCCC/C=C\C/C=C\CCCCC)OC(=O)CCCCCCC/C=C\CCCCCC. The third-order valence-electron chi connectivity index (χ3n) is 16.0. The smallest absolute Gasteiger partial charge is 0.463 e. The zero-order valence-corrected chi connectivity index (χ0v) is 62.8. The van der Waals surface area contributed by atoms with E-state index in [1.54, 1.807) is 0 Å². The third kappa shape index (κ3) is 73.3. The largest absolute Gasteiger partial charge is 0.472 e. The Hall–Kier alpha value is -3.79. The van der Waals surface area contributed by atoms with Crippen molar-refractivity contribution >= 4 is 33.6 Å². The Morgan fingerprint density at radius 1 is 0.299 bits per heavy atom. The highest BCUT2D eigenvalue weighted by Gasteiger charge is 2.29. The van der Waals surface area contributed by atoms with Gasteiger partial charge >= 0.3 is 33.6 Å². The lowest BCUT2D eigenvalue weighted by molar-refractivity contribution is -0.161. The molecule has 0 bridgehead atoms. The van der Waals surface area contributed by atoms with Gasteiger partial charge in [0.1, 0.15) is 25.4 Å². The molecule has 4 N–H and O–H groups in total. The van der Waals surface area contributed by atoms with Crippen molar-refractivity contribution in [1.29, 1.82) is 0 Å². The second-order valence-electron chi connectivity index (χ2n) is 25.4. The van der Waals surface area contributed by atoms with E-state index >= 15 is 0 Å². The fourth-order valence-corrected chi connectivity index (χ4v) is 11.7. The lowest BCUT2D eigenvalue weighted by Gasteiger charge is -2.21. The zero-order chi connectivity index (χ0) is 70.9. The van der Waals surface area contributed by atoms with Gasteiger partial charge in [0.05, 0.1) is 26.4 Å². The summed E-state index contributed by atoms with van der Waals surface area (Å²) < 4.78 is 61.0. The van der Waals surface area contributed by atoms with Crippen LogP contribution in [0.4, 0.5) is 0 Å². The number of ether oxygens (including phenoxy) is 3. The van der Waals surface area contributed by atoms with E-state index in [0.29, 0.717) is 19.3 Å². The fraction of sp³-hybridized carbons (Fsp3) is 0.734. The first kappa shape index (κ1) is 93.2. The van der Waals surface area contributed by atoms with Crippen LogP contribution in [0.5, 0.6) is 0 Å². The Labute approximate surface area is 590 Å². The molecule has 0 aromatic carbocycles. The summed E-state index contributed by atoms with van der Waals surface area (Å²) in [5, 5.41) is 20.6. The van der Waals surface area contributed by atoms with Crippen LogP contribution in [0.2, 0.25) is 0 Å². The van der Waals surface area contributed by atoms with Crippen LogP contribution in [0.15, 0.2) is 109 Å². The number of phosphoric ester groups is 2. The van der Waals surface area contributed by atoms with E-state index in [2.05, 4.69) is 130 Å². The van der Waals surface area contributed by atoms with E-state index in [4.69, 9.17) is 32.3 Å². The predicted octanol–water partition coefficient (Wildman–Crippen LogP) is 22.0. The van der Waals surface area contributed by atoms with Gasteiger partial charge in [0.25, 0.3) is 0 Å². The van der Waals surface area contributed by atoms with Crippen molar-refractivity contribution in [2.24, 2.45) is 0 Å². The number of rotatable bonds is 72. The van der Waals surface area contributed by atoms with Gasteiger partial charge in [-0.1, -0.05) is 278 Å². The van der Waals surface area contributed by atoms with Gasteiger partial charge in [-0.3, -0.25) is 32.5 Å². The summed E-state index contributed by atoms with van der Waals surface area (Å²) >= 11 is 0. The van der Waals surface area contributed by atoms with Crippen LogP contribution in [0.1, 0.15) is 316 Å². The molecule has 16 nitrogen and oxygen atoms in total. The normalized spacial score (nSPS) is 14.7. The van der Waals surface area contributed by atoms with Crippen LogP contribution in [-0.4, -0.2) is 95.9 Å². The molecule has 0 aliphatic carbocycles. The lowest BCUT2D eigenvalue weighted by atomic mass is 10.0. The molecular formula is C79H138O16P2. The van der Waals surface area contributed by atoms with E-state index in [1.165, 1.54) is 109 Å². The Kier molecular flexibility index (Phi) is 69.2. The summed E-state index contributed by atoms with van der Waals surface area (Å²) in [5.74, 6) is -1.59. The zero-order valence-electron chi connectivity index (χ0n) is 61.0. The summed E-state index contributed by atoms with van der Waals surface area (Å²) in [6, 6.07) is 0. The minimum absolute atomic E-state index is 0.0922. The Bertz CT molecular complexity index is 2200. The van der Waals surface area contributed by atoms with Crippen molar-refractivity contribution < 1.29 is 75.8 Å². The monoisotopic (exact) mass is 1400 g/mol. The highest BCUT2D eigenvalue weighted by molar-refractivity contribution is 7.47. The van der Waals surface area contributed by atoms with Crippen LogP contribution >= 0.6 is 15.6 Å². The Morgan fingerprint density at radius 3 is 0.897 bits per heavy atom. The first-order chi connectivity index (χ1) is 47.2. The number of esters is 3. The number of hydrogen-bond donors (Lipinski definition) is 4. The average molecular weight is 1410 g/mol. The molecule has 5 unspecified atom stereocenters. The van der Waals surface area contributed by atoms with Gasteiger partial charge < -0.3 is 34.2 Å². The predicted molar refractivity (Wildman–Crippen MR) is 399 cm³/mol. The molecule has 5 atom stereocenters. The maximum absolute atomic E-state index is 12.9. The number of hydrogen-bond acceptors (Lipinski definition) is 14. The van der Waals surface area contributed by atoms with Crippen molar-refractivity contribution in [1.82, 2.24) is 0 Å². The lowest BCUT2D eigenvalue weighted by Crippen LogP contribution is -2.30. The van der Waals surface area contributed by atoms with Crippen LogP contribution in [-0.2, 0) is 55.8 Å². The highest BCUT2D eigenvalue weighted by Crippen LogP contribution is 2.45. The molecule has 0 saturated heterocycles. The molecule has 0 saturated carbocycles. The van der Waals surface area contributed by atoms with Crippen molar-refractivity contribution in [3.63, 3.8) is 0 Å². The number of unbranched alkanes of at least 4 members (excludes halogenated alkanes) is 31. The van der Waals surface area contributed by atoms with Gasteiger partial charge in [-0.2, -0.15) is 0 Å². The summed E-state index contributed by atoms with van der Waals surface area (Å²) in [6.45, 7) is 2.51. The Balaban J connectivity index is 4.38. The third-order valence-corrected chi connectivity index (χ3v) is 17.9. The van der Waals surface area contributed by atoms with Gasteiger partial charge in [0, 0.05) is 19.3 Å². The average Bonchev–Trinajstić information content (AvgIpc) is 1.49. The minimum atomic E-state index is -4.93. The number of phosphoric acid groups is 2. The van der Waals surface area contributed by atoms with E-state index in [0.717, 1.165) is 148 Å². The fourth-order valence-electron chi connectivity index (χ4n) is 10.1. The second-order valence-corrected chi connectivity index (χ2v) is 28.3. The molecule has 0 spiro atoms. The summed E-state index contributed by atoms with van der Waals surface area (Å²) in [4.78, 5) is 58.4. The van der Waals surface area contributed by atoms with E-state index < -0.39 is 91.5 Å². The van der Waals surface area contributed by atoms with Gasteiger partial charge in [0.15, 0.2) is 6.10 Å². The molecule has 0 aromatic rings. The van der Waals surface area contributed by atoms with Crippen molar-refractivity contribution in [3.05, 3.63) is 109 Å². The summed E-state index contributed by atoms with van der Waals surface area (Å²) in [5.41, 5.74) is 0. The van der Waals surface area contributed by atoms with Crippen molar-refractivity contribution in [3.8, 4) is 0 Å². The highest BCUT2D eigenvalue weighted by atomic mass is 31.2.